The third-order valence-electron chi connectivity index (χ3n) is 5.48. The largest absolute Gasteiger partial charge is 0.497 e. The molecule has 0 unspecified atom stereocenters. The maximum absolute atomic E-state index is 6.39. The fourth-order valence-electron chi connectivity index (χ4n) is 3.94. The Morgan fingerprint density at radius 2 is 1.71 bits per heavy atom. The molecule has 0 spiro atoms. The Kier molecular flexibility index (Phi) is 4.05. The molecule has 0 aliphatic carbocycles. The summed E-state index contributed by atoms with van der Waals surface area (Å²) in [5, 5.41) is 7.12. The number of fused-ring (bicyclic) bond motifs is 3. The van der Waals surface area contributed by atoms with Gasteiger partial charge in [-0.3, -0.25) is 0 Å². The van der Waals surface area contributed by atoms with Crippen molar-refractivity contribution in [3.8, 4) is 11.5 Å². The van der Waals surface area contributed by atoms with Crippen LogP contribution in [0.3, 0.4) is 0 Å². The first-order valence-corrected chi connectivity index (χ1v) is 9.55. The molecule has 3 aromatic carbocycles. The van der Waals surface area contributed by atoms with Crippen molar-refractivity contribution in [1.82, 2.24) is 5.01 Å². The van der Waals surface area contributed by atoms with E-state index in [9.17, 15) is 0 Å². The first-order valence-electron chi connectivity index (χ1n) is 9.55. The quantitative estimate of drug-likeness (QED) is 0.632. The van der Waals surface area contributed by atoms with E-state index in [0.717, 1.165) is 34.8 Å². The SMILES string of the molecule is COc1ccc(C2=NN3[C@@H](C2)c2ccccc2O[C@H]3c2ccc(C)cc2)cc1. The van der Waals surface area contributed by atoms with Gasteiger partial charge in [0.05, 0.1) is 18.9 Å². The summed E-state index contributed by atoms with van der Waals surface area (Å²) in [4.78, 5) is 0. The topological polar surface area (TPSA) is 34.1 Å². The van der Waals surface area contributed by atoms with Gasteiger partial charge in [0.1, 0.15) is 11.5 Å². The average Bonchev–Trinajstić information content (AvgIpc) is 3.20. The van der Waals surface area contributed by atoms with Gasteiger partial charge in [0.25, 0.3) is 0 Å². The van der Waals surface area contributed by atoms with Crippen molar-refractivity contribution in [2.45, 2.75) is 25.6 Å². The first kappa shape index (κ1) is 16.9. The van der Waals surface area contributed by atoms with Gasteiger partial charge in [-0.25, -0.2) is 5.01 Å². The third kappa shape index (κ3) is 2.82. The molecule has 0 aromatic heterocycles. The van der Waals surface area contributed by atoms with E-state index < -0.39 is 0 Å². The molecular weight excluding hydrogens is 348 g/mol. The minimum Gasteiger partial charge on any atom is -0.497 e. The van der Waals surface area contributed by atoms with Gasteiger partial charge in [-0.1, -0.05) is 48.0 Å². The standard InChI is InChI=1S/C24H22N2O2/c1-16-7-9-18(10-8-16)24-26-22(20-5-3-4-6-23(20)28-24)15-21(25-26)17-11-13-19(27-2)14-12-17/h3-14,22,24H,15H2,1-2H3/t22-,24-/m0/s1. The summed E-state index contributed by atoms with van der Waals surface area (Å²) in [6.07, 6.45) is 0.631. The molecule has 2 atom stereocenters. The second-order valence-corrected chi connectivity index (χ2v) is 7.29. The van der Waals surface area contributed by atoms with Crippen LogP contribution in [0.2, 0.25) is 0 Å². The molecule has 5 rings (SSSR count). The normalized spacial score (nSPS) is 20.1. The minimum absolute atomic E-state index is 0.174. The van der Waals surface area contributed by atoms with Crippen LogP contribution < -0.4 is 9.47 Å². The maximum Gasteiger partial charge on any atom is 0.213 e. The number of ether oxygens (including phenoxy) is 2. The predicted molar refractivity (Wildman–Crippen MR) is 110 cm³/mol. The van der Waals surface area contributed by atoms with E-state index in [2.05, 4.69) is 66.5 Å². The van der Waals surface area contributed by atoms with Crippen molar-refractivity contribution in [2.24, 2.45) is 5.10 Å². The molecule has 0 N–H and O–H groups in total. The Hall–Kier alpha value is -3.27. The highest BCUT2D eigenvalue weighted by molar-refractivity contribution is 6.02. The maximum atomic E-state index is 6.39. The molecule has 4 heteroatoms. The lowest BCUT2D eigenvalue weighted by molar-refractivity contribution is -0.0190. The molecule has 2 aliphatic rings. The van der Waals surface area contributed by atoms with Crippen LogP contribution in [0.5, 0.6) is 11.5 Å². The lowest BCUT2D eigenvalue weighted by atomic mass is 9.96. The minimum atomic E-state index is -0.226. The van der Waals surface area contributed by atoms with E-state index in [4.69, 9.17) is 14.6 Å². The number of aryl methyl sites for hydroxylation is 1. The van der Waals surface area contributed by atoms with Crippen molar-refractivity contribution in [1.29, 1.82) is 0 Å². The average molecular weight is 370 g/mol. The Balaban J connectivity index is 1.56. The Bertz CT molecular complexity index is 1030. The molecule has 140 valence electrons. The monoisotopic (exact) mass is 370 g/mol. The second kappa shape index (κ2) is 6.71. The smallest absolute Gasteiger partial charge is 0.213 e. The van der Waals surface area contributed by atoms with E-state index >= 15 is 0 Å². The summed E-state index contributed by atoms with van der Waals surface area (Å²) in [7, 11) is 1.68. The van der Waals surface area contributed by atoms with Crippen LogP contribution in [0.15, 0.2) is 77.9 Å². The Labute approximate surface area is 165 Å². The van der Waals surface area contributed by atoms with E-state index in [-0.39, 0.29) is 12.3 Å². The molecule has 0 bridgehead atoms. The molecule has 0 amide bonds. The summed E-state index contributed by atoms with van der Waals surface area (Å²) >= 11 is 0. The van der Waals surface area contributed by atoms with Crippen molar-refractivity contribution in [2.75, 3.05) is 7.11 Å². The number of hydrogen-bond donors (Lipinski definition) is 0. The fraction of sp³-hybridized carbons (Fsp3) is 0.208. The molecule has 0 fully saturated rings. The Morgan fingerprint density at radius 3 is 2.46 bits per heavy atom. The van der Waals surface area contributed by atoms with Crippen LogP contribution in [-0.4, -0.2) is 17.8 Å². The van der Waals surface area contributed by atoms with Crippen molar-refractivity contribution in [3.63, 3.8) is 0 Å². The lowest BCUT2D eigenvalue weighted by Crippen LogP contribution is -2.33. The molecule has 0 saturated carbocycles. The number of rotatable bonds is 3. The van der Waals surface area contributed by atoms with Crippen LogP contribution in [0.4, 0.5) is 0 Å². The van der Waals surface area contributed by atoms with E-state index in [1.54, 1.807) is 7.11 Å². The fourth-order valence-corrected chi connectivity index (χ4v) is 3.94. The van der Waals surface area contributed by atoms with Crippen LogP contribution in [0, 0.1) is 6.92 Å². The highest BCUT2D eigenvalue weighted by Gasteiger charge is 2.40. The number of hydrazone groups is 1. The van der Waals surface area contributed by atoms with Crippen LogP contribution >= 0.6 is 0 Å². The second-order valence-electron chi connectivity index (χ2n) is 7.29. The van der Waals surface area contributed by atoms with Crippen molar-refractivity contribution >= 4 is 5.71 Å². The predicted octanol–water partition coefficient (Wildman–Crippen LogP) is 5.25. The van der Waals surface area contributed by atoms with Crippen molar-refractivity contribution in [3.05, 3.63) is 95.1 Å². The van der Waals surface area contributed by atoms with Gasteiger partial charge >= 0.3 is 0 Å². The zero-order chi connectivity index (χ0) is 19.1. The summed E-state index contributed by atoms with van der Waals surface area (Å²) in [6, 6.07) is 25.1. The molecule has 2 aliphatic heterocycles. The molecule has 0 saturated heterocycles. The molecule has 4 nitrogen and oxygen atoms in total. The lowest BCUT2D eigenvalue weighted by Gasteiger charge is -2.38. The number of nitrogens with zero attached hydrogens (tertiary/aromatic N) is 2. The third-order valence-corrected chi connectivity index (χ3v) is 5.48. The van der Waals surface area contributed by atoms with Gasteiger partial charge in [-0.15, -0.1) is 0 Å². The van der Waals surface area contributed by atoms with Crippen LogP contribution in [0.25, 0.3) is 0 Å². The van der Waals surface area contributed by atoms with Crippen LogP contribution in [0.1, 0.15) is 40.9 Å². The number of benzene rings is 3. The van der Waals surface area contributed by atoms with Gasteiger partial charge in [0.2, 0.25) is 6.23 Å². The van der Waals surface area contributed by atoms with Gasteiger partial charge in [0.15, 0.2) is 0 Å². The molecule has 2 heterocycles. The zero-order valence-corrected chi connectivity index (χ0v) is 16.0. The number of methoxy groups -OCH3 is 1. The first-order chi connectivity index (χ1) is 13.7. The zero-order valence-electron chi connectivity index (χ0n) is 16.0. The number of para-hydroxylation sites is 1. The van der Waals surface area contributed by atoms with Gasteiger partial charge in [-0.05, 0) is 42.8 Å². The summed E-state index contributed by atoms with van der Waals surface area (Å²) in [5.74, 6) is 1.80. The Morgan fingerprint density at radius 1 is 0.964 bits per heavy atom. The summed E-state index contributed by atoms with van der Waals surface area (Å²) < 4.78 is 11.7. The number of hydrogen-bond acceptors (Lipinski definition) is 4. The molecule has 3 aromatic rings. The highest BCUT2D eigenvalue weighted by Crippen LogP contribution is 2.47. The summed E-state index contributed by atoms with van der Waals surface area (Å²) in [6.45, 7) is 2.10. The molecule has 0 radical (unpaired) electrons. The highest BCUT2D eigenvalue weighted by atomic mass is 16.5. The van der Waals surface area contributed by atoms with Gasteiger partial charge in [-0.2, -0.15) is 5.10 Å². The van der Waals surface area contributed by atoms with E-state index in [1.807, 2.05) is 18.2 Å². The molecular formula is C24H22N2O2. The van der Waals surface area contributed by atoms with Crippen LogP contribution in [-0.2, 0) is 0 Å². The van der Waals surface area contributed by atoms with E-state index in [1.165, 1.54) is 11.1 Å². The summed E-state index contributed by atoms with van der Waals surface area (Å²) in [5.41, 5.74) is 5.74. The van der Waals surface area contributed by atoms with E-state index in [0.29, 0.717) is 0 Å². The molecule has 28 heavy (non-hydrogen) atoms. The van der Waals surface area contributed by atoms with Gasteiger partial charge < -0.3 is 9.47 Å². The van der Waals surface area contributed by atoms with Gasteiger partial charge in [0, 0.05) is 17.5 Å². The van der Waals surface area contributed by atoms with Crippen molar-refractivity contribution < 1.29 is 9.47 Å².